The molecule has 0 unspecified atom stereocenters. The predicted octanol–water partition coefficient (Wildman–Crippen LogP) is 1.25. The lowest BCUT2D eigenvalue weighted by Gasteiger charge is -2.28. The third kappa shape index (κ3) is 5.91. The summed E-state index contributed by atoms with van der Waals surface area (Å²) in [6, 6.07) is 0.917. The zero-order chi connectivity index (χ0) is 20.8. The molecule has 1 aromatic rings. The van der Waals surface area contributed by atoms with Crippen molar-refractivity contribution in [2.24, 2.45) is 5.92 Å². The first-order valence-corrected chi connectivity index (χ1v) is 11.4. The molecular formula is C20H34N8O2. The molecule has 3 fully saturated rings. The Labute approximate surface area is 177 Å². The van der Waals surface area contributed by atoms with Crippen LogP contribution in [-0.2, 0) is 4.79 Å². The van der Waals surface area contributed by atoms with Crippen LogP contribution in [0.5, 0.6) is 0 Å². The lowest BCUT2D eigenvalue weighted by molar-refractivity contribution is -0.142. The van der Waals surface area contributed by atoms with E-state index in [0.717, 1.165) is 64.7 Å². The van der Waals surface area contributed by atoms with Gasteiger partial charge in [-0.3, -0.25) is 4.79 Å². The quantitative estimate of drug-likeness (QED) is 0.384. The largest absolute Gasteiger partial charge is 0.481 e. The third-order valence-electron chi connectivity index (χ3n) is 6.39. The van der Waals surface area contributed by atoms with Gasteiger partial charge >= 0.3 is 5.97 Å². The zero-order valence-corrected chi connectivity index (χ0v) is 17.5. The molecule has 4 rings (SSSR count). The summed E-state index contributed by atoms with van der Waals surface area (Å²) in [5.41, 5.74) is 0. The summed E-state index contributed by atoms with van der Waals surface area (Å²) < 4.78 is 0. The van der Waals surface area contributed by atoms with Crippen molar-refractivity contribution in [1.82, 2.24) is 25.6 Å². The van der Waals surface area contributed by atoms with E-state index in [4.69, 9.17) is 0 Å². The van der Waals surface area contributed by atoms with Gasteiger partial charge in [-0.2, -0.15) is 15.0 Å². The average Bonchev–Trinajstić information content (AvgIpc) is 2.75. The van der Waals surface area contributed by atoms with Crippen molar-refractivity contribution >= 4 is 23.8 Å². The summed E-state index contributed by atoms with van der Waals surface area (Å²) in [4.78, 5) is 25.1. The Kier molecular flexibility index (Phi) is 7.16. The molecule has 0 bridgehead atoms. The molecule has 0 spiro atoms. The fraction of sp³-hybridized carbons (Fsp3) is 0.800. The Balaban J connectivity index is 1.44. The molecule has 6 N–H and O–H groups in total. The third-order valence-corrected chi connectivity index (χ3v) is 6.39. The lowest BCUT2D eigenvalue weighted by Crippen LogP contribution is -2.37. The first-order valence-electron chi connectivity index (χ1n) is 11.4. The zero-order valence-electron chi connectivity index (χ0n) is 17.5. The second-order valence-electron chi connectivity index (χ2n) is 8.67. The number of aliphatic carboxylic acids is 1. The SMILES string of the molecule is O=C(O)C1CCC(Nc2nc(NC3CCNCC3)nc(NC3CCNCC3)n2)CC1. The molecule has 0 atom stereocenters. The predicted molar refractivity (Wildman–Crippen MR) is 116 cm³/mol. The molecule has 10 heteroatoms. The molecule has 30 heavy (non-hydrogen) atoms. The summed E-state index contributed by atoms with van der Waals surface area (Å²) in [5, 5.41) is 26.4. The molecule has 1 aliphatic carbocycles. The first kappa shape index (κ1) is 21.0. The van der Waals surface area contributed by atoms with Gasteiger partial charge in [0.1, 0.15) is 0 Å². The number of carboxylic acids is 1. The van der Waals surface area contributed by atoms with Crippen LogP contribution in [0.3, 0.4) is 0 Å². The van der Waals surface area contributed by atoms with Crippen molar-refractivity contribution in [3.63, 3.8) is 0 Å². The Morgan fingerprint density at radius 2 is 1.03 bits per heavy atom. The normalized spacial score (nSPS) is 26.1. The maximum Gasteiger partial charge on any atom is 0.306 e. The molecule has 3 heterocycles. The molecule has 0 radical (unpaired) electrons. The fourth-order valence-corrected chi connectivity index (χ4v) is 4.53. The van der Waals surface area contributed by atoms with E-state index in [0.29, 0.717) is 42.8 Å². The Hall–Kier alpha value is -2.20. The highest BCUT2D eigenvalue weighted by Crippen LogP contribution is 2.26. The molecule has 10 nitrogen and oxygen atoms in total. The first-order chi connectivity index (χ1) is 14.7. The summed E-state index contributed by atoms with van der Waals surface area (Å²) >= 11 is 0. The van der Waals surface area contributed by atoms with Gasteiger partial charge in [0.05, 0.1) is 5.92 Å². The minimum Gasteiger partial charge on any atom is -0.481 e. The minimum atomic E-state index is -0.685. The number of hydrogen-bond acceptors (Lipinski definition) is 9. The average molecular weight is 419 g/mol. The van der Waals surface area contributed by atoms with E-state index >= 15 is 0 Å². The summed E-state index contributed by atoms with van der Waals surface area (Å²) in [6.45, 7) is 4.00. The van der Waals surface area contributed by atoms with Crippen molar-refractivity contribution in [1.29, 1.82) is 0 Å². The van der Waals surface area contributed by atoms with E-state index in [9.17, 15) is 9.90 Å². The van der Waals surface area contributed by atoms with Crippen LogP contribution in [0.25, 0.3) is 0 Å². The number of nitrogens with one attached hydrogen (secondary N) is 5. The van der Waals surface area contributed by atoms with Crippen molar-refractivity contribution < 1.29 is 9.90 Å². The Morgan fingerprint density at radius 3 is 1.40 bits per heavy atom. The Bertz CT molecular complexity index is 660. The molecule has 166 valence electrons. The van der Waals surface area contributed by atoms with Gasteiger partial charge in [-0.05, 0) is 77.5 Å². The lowest BCUT2D eigenvalue weighted by atomic mass is 9.86. The van der Waals surface area contributed by atoms with E-state index < -0.39 is 5.97 Å². The van der Waals surface area contributed by atoms with Crippen LogP contribution >= 0.6 is 0 Å². The molecule has 1 aromatic heterocycles. The molecule has 1 saturated carbocycles. The molecule has 3 aliphatic rings. The monoisotopic (exact) mass is 418 g/mol. The Morgan fingerprint density at radius 1 is 0.667 bits per heavy atom. The number of hydrogen-bond donors (Lipinski definition) is 6. The number of carbonyl (C=O) groups is 1. The van der Waals surface area contributed by atoms with Crippen LogP contribution < -0.4 is 26.6 Å². The highest BCUT2D eigenvalue weighted by atomic mass is 16.4. The number of piperidine rings is 2. The molecular weight excluding hydrogens is 384 g/mol. The van der Waals surface area contributed by atoms with Gasteiger partial charge in [0, 0.05) is 18.1 Å². The minimum absolute atomic E-state index is 0.196. The van der Waals surface area contributed by atoms with E-state index in [1.54, 1.807) is 0 Å². The fourth-order valence-electron chi connectivity index (χ4n) is 4.53. The van der Waals surface area contributed by atoms with Crippen LogP contribution in [0.2, 0.25) is 0 Å². The molecule has 2 saturated heterocycles. The van der Waals surface area contributed by atoms with Crippen LogP contribution in [0.15, 0.2) is 0 Å². The van der Waals surface area contributed by atoms with E-state index in [2.05, 4.69) is 41.5 Å². The van der Waals surface area contributed by atoms with E-state index in [-0.39, 0.29) is 12.0 Å². The number of anilines is 3. The number of carboxylic acid groups (broad SMARTS) is 1. The van der Waals surface area contributed by atoms with Gasteiger partial charge in [0.2, 0.25) is 17.8 Å². The summed E-state index contributed by atoms with van der Waals surface area (Å²) in [6.07, 6.45) is 7.20. The van der Waals surface area contributed by atoms with Crippen molar-refractivity contribution in [2.75, 3.05) is 42.1 Å². The maximum absolute atomic E-state index is 11.2. The topological polar surface area (TPSA) is 136 Å². The van der Waals surface area contributed by atoms with E-state index in [1.165, 1.54) is 0 Å². The molecule has 0 amide bonds. The maximum atomic E-state index is 11.2. The van der Waals surface area contributed by atoms with E-state index in [1.807, 2.05) is 0 Å². The second-order valence-corrected chi connectivity index (χ2v) is 8.67. The van der Waals surface area contributed by atoms with Crippen LogP contribution in [0, 0.1) is 5.92 Å². The number of nitrogens with zero attached hydrogens (tertiary/aromatic N) is 3. The van der Waals surface area contributed by atoms with Gasteiger partial charge in [0.25, 0.3) is 0 Å². The highest BCUT2D eigenvalue weighted by Gasteiger charge is 2.27. The molecule has 0 aromatic carbocycles. The summed E-state index contributed by atoms with van der Waals surface area (Å²) in [7, 11) is 0. The van der Waals surface area contributed by atoms with Crippen LogP contribution in [0.4, 0.5) is 17.8 Å². The highest BCUT2D eigenvalue weighted by molar-refractivity contribution is 5.70. The van der Waals surface area contributed by atoms with Gasteiger partial charge < -0.3 is 31.7 Å². The number of rotatable bonds is 7. The van der Waals surface area contributed by atoms with Gasteiger partial charge in [-0.25, -0.2) is 0 Å². The summed E-state index contributed by atoms with van der Waals surface area (Å²) in [5.74, 6) is 0.868. The van der Waals surface area contributed by atoms with Gasteiger partial charge in [-0.1, -0.05) is 0 Å². The molecule has 2 aliphatic heterocycles. The van der Waals surface area contributed by atoms with Crippen molar-refractivity contribution in [2.45, 2.75) is 69.5 Å². The van der Waals surface area contributed by atoms with Crippen LogP contribution in [-0.4, -0.2) is 70.3 Å². The smallest absolute Gasteiger partial charge is 0.306 e. The van der Waals surface area contributed by atoms with Crippen LogP contribution in [0.1, 0.15) is 51.4 Å². The second kappa shape index (κ2) is 10.2. The number of aromatic nitrogens is 3. The van der Waals surface area contributed by atoms with Gasteiger partial charge in [-0.15, -0.1) is 0 Å². The van der Waals surface area contributed by atoms with Crippen molar-refractivity contribution in [3.8, 4) is 0 Å². The van der Waals surface area contributed by atoms with Crippen molar-refractivity contribution in [3.05, 3.63) is 0 Å². The van der Waals surface area contributed by atoms with Gasteiger partial charge in [0.15, 0.2) is 0 Å². The standard InChI is InChI=1S/C20H34N8O2/c29-17(30)13-1-3-14(4-2-13)23-18-26-19(24-15-5-9-21-10-6-15)28-20(27-18)25-16-7-11-22-12-8-16/h13-16,21-22H,1-12H2,(H,29,30)(H3,23,24,25,26,27,28).